The summed E-state index contributed by atoms with van der Waals surface area (Å²) < 4.78 is 2.36. The molecule has 1 aromatic carbocycles. The fraction of sp³-hybridized carbons (Fsp3) is 0.524. The Morgan fingerprint density at radius 3 is 2.65 bits per heavy atom. The van der Waals surface area contributed by atoms with E-state index in [4.69, 9.17) is 4.98 Å². The number of hydrogen-bond acceptors (Lipinski definition) is 3. The van der Waals surface area contributed by atoms with E-state index >= 15 is 0 Å². The Hall–Kier alpha value is -1.75. The Labute approximate surface area is 160 Å². The molecule has 1 aromatic heterocycles. The molecule has 1 saturated carbocycles. The van der Waals surface area contributed by atoms with E-state index < -0.39 is 0 Å². The van der Waals surface area contributed by atoms with Gasteiger partial charge in [-0.15, -0.1) is 0 Å². The van der Waals surface area contributed by atoms with Gasteiger partial charge in [-0.3, -0.25) is 4.79 Å². The number of aromatic nitrogens is 2. The molecule has 1 amide bonds. The molecule has 0 atom stereocenters. The van der Waals surface area contributed by atoms with Crippen LogP contribution in [0.15, 0.2) is 29.4 Å². The number of para-hydroxylation sites is 1. The van der Waals surface area contributed by atoms with Crippen LogP contribution in [0.1, 0.15) is 68.4 Å². The van der Waals surface area contributed by atoms with E-state index in [0.29, 0.717) is 17.7 Å². The Morgan fingerprint density at radius 1 is 1.27 bits per heavy atom. The van der Waals surface area contributed by atoms with Crippen molar-refractivity contribution < 1.29 is 4.79 Å². The first-order valence-electron chi connectivity index (χ1n) is 9.54. The Balaban J connectivity index is 1.68. The third-order valence-corrected chi connectivity index (χ3v) is 6.19. The molecule has 26 heavy (non-hydrogen) atoms. The van der Waals surface area contributed by atoms with Gasteiger partial charge in [0.2, 0.25) is 5.91 Å². The van der Waals surface area contributed by atoms with Gasteiger partial charge in [0, 0.05) is 17.4 Å². The first kappa shape index (κ1) is 19.0. The molecular weight excluding hydrogens is 342 g/mol. The highest BCUT2D eigenvalue weighted by Gasteiger charge is 2.23. The number of imidazole rings is 1. The molecule has 0 unspecified atom stereocenters. The highest BCUT2D eigenvalue weighted by atomic mass is 32.2. The van der Waals surface area contributed by atoms with E-state index in [9.17, 15) is 4.79 Å². The van der Waals surface area contributed by atoms with Crippen LogP contribution in [0, 0.1) is 13.8 Å². The van der Waals surface area contributed by atoms with Crippen molar-refractivity contribution in [2.45, 2.75) is 70.5 Å². The number of amides is 1. The second-order valence-corrected chi connectivity index (χ2v) is 8.39. The van der Waals surface area contributed by atoms with Crippen LogP contribution in [-0.4, -0.2) is 21.2 Å². The van der Waals surface area contributed by atoms with Crippen LogP contribution in [-0.2, 0) is 4.79 Å². The van der Waals surface area contributed by atoms with Gasteiger partial charge in [-0.05, 0) is 44.2 Å². The average Bonchev–Trinajstić information content (AvgIpc) is 3.22. The zero-order valence-electron chi connectivity index (χ0n) is 16.2. The molecule has 3 rings (SSSR count). The van der Waals surface area contributed by atoms with Gasteiger partial charge in [0.15, 0.2) is 5.16 Å². The van der Waals surface area contributed by atoms with Gasteiger partial charge in [-0.2, -0.15) is 0 Å². The van der Waals surface area contributed by atoms with Crippen molar-refractivity contribution in [3.05, 3.63) is 41.2 Å². The average molecular weight is 372 g/mol. The summed E-state index contributed by atoms with van der Waals surface area (Å²) in [6.07, 6.45) is 5.02. The number of aryl methyl sites for hydroxylation is 1. The lowest BCUT2D eigenvalue weighted by Gasteiger charge is -2.17. The molecule has 0 saturated heterocycles. The van der Waals surface area contributed by atoms with Crippen LogP contribution in [0.3, 0.4) is 0 Å². The number of rotatable bonds is 6. The summed E-state index contributed by atoms with van der Waals surface area (Å²) in [7, 11) is 0. The van der Waals surface area contributed by atoms with E-state index in [1.165, 1.54) is 36.9 Å². The quantitative estimate of drug-likeness (QED) is 0.685. The zero-order chi connectivity index (χ0) is 18.7. The summed E-state index contributed by atoms with van der Waals surface area (Å²) in [4.78, 5) is 17.2. The normalized spacial score (nSPS) is 15.0. The summed E-state index contributed by atoms with van der Waals surface area (Å²) in [5.41, 5.74) is 4.40. The first-order chi connectivity index (χ1) is 12.5. The van der Waals surface area contributed by atoms with Crippen LogP contribution < -0.4 is 5.32 Å². The van der Waals surface area contributed by atoms with Crippen molar-refractivity contribution in [2.75, 3.05) is 11.1 Å². The predicted molar refractivity (Wildman–Crippen MR) is 109 cm³/mol. The second-order valence-electron chi connectivity index (χ2n) is 7.45. The lowest BCUT2D eigenvalue weighted by molar-refractivity contribution is -0.113. The van der Waals surface area contributed by atoms with E-state index in [1.807, 2.05) is 18.2 Å². The van der Waals surface area contributed by atoms with Gasteiger partial charge < -0.3 is 9.88 Å². The summed E-state index contributed by atoms with van der Waals surface area (Å²) in [6, 6.07) is 8.58. The molecule has 5 heteroatoms. The van der Waals surface area contributed by atoms with Gasteiger partial charge >= 0.3 is 0 Å². The van der Waals surface area contributed by atoms with Crippen molar-refractivity contribution in [1.82, 2.24) is 9.55 Å². The molecule has 2 aromatic rings. The molecule has 140 valence electrons. The van der Waals surface area contributed by atoms with Gasteiger partial charge in [0.25, 0.3) is 0 Å². The minimum Gasteiger partial charge on any atom is -0.325 e. The molecule has 1 aliphatic rings. The summed E-state index contributed by atoms with van der Waals surface area (Å²) in [5, 5.41) is 4.06. The predicted octanol–water partition coefficient (Wildman–Crippen LogP) is 5.47. The van der Waals surface area contributed by atoms with Gasteiger partial charge in [0.05, 0.1) is 11.4 Å². The maximum absolute atomic E-state index is 12.5. The molecule has 1 heterocycles. The minimum absolute atomic E-state index is 0.0272. The van der Waals surface area contributed by atoms with Gasteiger partial charge in [0.1, 0.15) is 0 Å². The van der Waals surface area contributed by atoms with Gasteiger partial charge in [-0.1, -0.05) is 56.7 Å². The first-order valence-corrected chi connectivity index (χ1v) is 10.5. The van der Waals surface area contributed by atoms with Crippen LogP contribution in [0.25, 0.3) is 0 Å². The van der Waals surface area contributed by atoms with Crippen molar-refractivity contribution in [1.29, 1.82) is 0 Å². The Bertz CT molecular complexity index is 776. The number of nitrogens with one attached hydrogen (secondary N) is 1. The van der Waals surface area contributed by atoms with E-state index in [2.05, 4.69) is 43.6 Å². The van der Waals surface area contributed by atoms with Crippen molar-refractivity contribution in [2.24, 2.45) is 0 Å². The molecule has 1 aliphatic carbocycles. The fourth-order valence-corrected chi connectivity index (χ4v) is 4.68. The van der Waals surface area contributed by atoms with Crippen LogP contribution in [0.2, 0.25) is 0 Å². The lowest BCUT2D eigenvalue weighted by Crippen LogP contribution is -2.16. The van der Waals surface area contributed by atoms with Crippen molar-refractivity contribution in [3.63, 3.8) is 0 Å². The molecule has 4 nitrogen and oxygen atoms in total. The Morgan fingerprint density at radius 2 is 1.96 bits per heavy atom. The second kappa shape index (κ2) is 8.30. The molecule has 0 radical (unpaired) electrons. The summed E-state index contributed by atoms with van der Waals surface area (Å²) in [6.45, 7) is 8.49. The smallest absolute Gasteiger partial charge is 0.234 e. The van der Waals surface area contributed by atoms with Crippen LogP contribution >= 0.6 is 11.8 Å². The van der Waals surface area contributed by atoms with E-state index in [-0.39, 0.29) is 5.91 Å². The van der Waals surface area contributed by atoms with E-state index in [1.54, 1.807) is 11.8 Å². The number of nitrogens with zero attached hydrogens (tertiary/aromatic N) is 2. The summed E-state index contributed by atoms with van der Waals surface area (Å²) in [5.74, 6) is 0.791. The maximum Gasteiger partial charge on any atom is 0.234 e. The number of anilines is 1. The molecule has 0 aliphatic heterocycles. The standard InChI is InChI=1S/C21H29N3OS/c1-14(2)18-11-7-8-12-19(18)23-20(25)13-26-21-22-15(3)16(4)24(21)17-9-5-6-10-17/h7-8,11-12,14,17H,5-6,9-10,13H2,1-4H3,(H,23,25). The number of carbonyl (C=O) groups excluding carboxylic acids is 1. The third kappa shape index (κ3) is 4.14. The monoisotopic (exact) mass is 371 g/mol. The van der Waals surface area contributed by atoms with E-state index in [0.717, 1.165) is 16.5 Å². The maximum atomic E-state index is 12.5. The lowest BCUT2D eigenvalue weighted by atomic mass is 10.0. The Kier molecular flexibility index (Phi) is 6.07. The molecule has 0 bridgehead atoms. The molecule has 0 spiro atoms. The summed E-state index contributed by atoms with van der Waals surface area (Å²) >= 11 is 1.55. The molecule has 1 N–H and O–H groups in total. The number of carbonyl (C=O) groups is 1. The number of hydrogen-bond donors (Lipinski definition) is 1. The zero-order valence-corrected chi connectivity index (χ0v) is 17.0. The highest BCUT2D eigenvalue weighted by Crippen LogP contribution is 2.35. The fourth-order valence-electron chi connectivity index (χ4n) is 3.72. The van der Waals surface area contributed by atoms with Crippen molar-refractivity contribution >= 4 is 23.4 Å². The van der Waals surface area contributed by atoms with Crippen molar-refractivity contribution in [3.8, 4) is 0 Å². The third-order valence-electron chi connectivity index (χ3n) is 5.23. The topological polar surface area (TPSA) is 46.9 Å². The van der Waals surface area contributed by atoms with Gasteiger partial charge in [-0.25, -0.2) is 4.98 Å². The molecular formula is C21H29N3OS. The van der Waals surface area contributed by atoms with Crippen LogP contribution in [0.5, 0.6) is 0 Å². The SMILES string of the molecule is Cc1nc(SCC(=O)Nc2ccccc2C(C)C)n(C2CCCC2)c1C. The van der Waals surface area contributed by atoms with Crippen LogP contribution in [0.4, 0.5) is 5.69 Å². The largest absolute Gasteiger partial charge is 0.325 e. The minimum atomic E-state index is 0.0272. The number of benzene rings is 1. The highest BCUT2D eigenvalue weighted by molar-refractivity contribution is 7.99. The number of thioether (sulfide) groups is 1. The molecule has 1 fully saturated rings.